The first kappa shape index (κ1) is 10.7. The highest BCUT2D eigenvalue weighted by Gasteiger charge is 2.05. The Balaban J connectivity index is 2.96. The van der Waals surface area contributed by atoms with Crippen molar-refractivity contribution in [3.63, 3.8) is 0 Å². The summed E-state index contributed by atoms with van der Waals surface area (Å²) in [6.07, 6.45) is 5.07. The van der Waals surface area contributed by atoms with Crippen molar-refractivity contribution in [3.8, 4) is 0 Å². The Morgan fingerprint density at radius 1 is 1.71 bits per heavy atom. The number of allylic oxidation sites excluding steroid dienone is 2. The largest absolute Gasteiger partial charge is 0.383 e. The Bertz CT molecular complexity index is 376. The molecule has 0 saturated heterocycles. The lowest BCUT2D eigenvalue weighted by Crippen LogP contribution is -2.02. The lowest BCUT2D eigenvalue weighted by molar-refractivity contribution is 0.908. The summed E-state index contributed by atoms with van der Waals surface area (Å²) < 4.78 is 2.25. The minimum absolute atomic E-state index is 0.382. The van der Waals surface area contributed by atoms with Gasteiger partial charge in [0.15, 0.2) is 0 Å². The number of rotatable bonds is 3. The van der Waals surface area contributed by atoms with Gasteiger partial charge in [0.25, 0.3) is 0 Å². The van der Waals surface area contributed by atoms with Gasteiger partial charge in [0.05, 0.1) is 10.2 Å². The molecule has 0 aliphatic rings. The van der Waals surface area contributed by atoms with Crippen LogP contribution in [0.4, 0.5) is 0 Å². The molecule has 0 atom stereocenters. The minimum Gasteiger partial charge on any atom is -0.383 e. The summed E-state index contributed by atoms with van der Waals surface area (Å²) in [6.45, 7) is 5.64. The van der Waals surface area contributed by atoms with Gasteiger partial charge >= 0.3 is 0 Å². The molecule has 4 nitrogen and oxygen atoms in total. The van der Waals surface area contributed by atoms with Crippen LogP contribution >= 0.6 is 15.9 Å². The molecule has 2 N–H and O–H groups in total. The second-order valence-electron chi connectivity index (χ2n) is 2.48. The molecular formula is C9H11BrN4. The fourth-order valence-electron chi connectivity index (χ4n) is 0.873. The van der Waals surface area contributed by atoms with Crippen LogP contribution in [0.1, 0.15) is 6.92 Å². The zero-order valence-corrected chi connectivity index (χ0v) is 9.40. The predicted molar refractivity (Wildman–Crippen MR) is 61.9 cm³/mol. The monoisotopic (exact) mass is 254 g/mol. The molecule has 0 aliphatic carbocycles. The third-order valence-electron chi connectivity index (χ3n) is 1.53. The molecule has 0 unspecified atom stereocenters. The third-order valence-corrected chi connectivity index (χ3v) is 2.39. The van der Waals surface area contributed by atoms with Crippen LogP contribution in [0.3, 0.4) is 0 Å². The molecule has 0 spiro atoms. The molecule has 0 radical (unpaired) electrons. The molecule has 5 heteroatoms. The molecular weight excluding hydrogens is 244 g/mol. The van der Waals surface area contributed by atoms with Crippen LogP contribution in [0.15, 0.2) is 40.3 Å². The highest BCUT2D eigenvalue weighted by atomic mass is 79.9. The summed E-state index contributed by atoms with van der Waals surface area (Å²) >= 11 is 3.31. The predicted octanol–water partition coefficient (Wildman–Crippen LogP) is 1.97. The van der Waals surface area contributed by atoms with E-state index in [-0.39, 0.29) is 0 Å². The Labute approximate surface area is 91.0 Å². The van der Waals surface area contributed by atoms with Gasteiger partial charge in [0, 0.05) is 18.6 Å². The number of nitrogens with zero attached hydrogens (tertiary/aromatic N) is 3. The standard InChI is InChI=1S/C9H11BrN4/c1-3-12-9(11)8(10)7(2)14-6-4-5-13-14/h3-6H,2,11H2,1H3/b9-8+,12-3?. The van der Waals surface area contributed by atoms with Gasteiger partial charge in [0.2, 0.25) is 0 Å². The van der Waals surface area contributed by atoms with Crippen LogP contribution in [0, 0.1) is 0 Å². The van der Waals surface area contributed by atoms with Crippen LogP contribution in [0.2, 0.25) is 0 Å². The van der Waals surface area contributed by atoms with Crippen LogP contribution in [-0.4, -0.2) is 16.0 Å². The van der Waals surface area contributed by atoms with E-state index in [0.29, 0.717) is 16.0 Å². The second-order valence-corrected chi connectivity index (χ2v) is 3.28. The number of aliphatic imine (C=N–C) groups is 1. The molecule has 0 aromatic carbocycles. The molecule has 1 heterocycles. The van der Waals surface area contributed by atoms with E-state index in [1.54, 1.807) is 30.2 Å². The Hall–Kier alpha value is -1.36. The summed E-state index contributed by atoms with van der Waals surface area (Å²) in [7, 11) is 0. The average molecular weight is 255 g/mol. The molecule has 74 valence electrons. The molecule has 0 aliphatic heterocycles. The first-order valence-electron chi connectivity index (χ1n) is 4.00. The quantitative estimate of drug-likeness (QED) is 0.663. The van der Waals surface area contributed by atoms with Crippen molar-refractivity contribution in [2.75, 3.05) is 0 Å². The van der Waals surface area contributed by atoms with Crippen LogP contribution in [0.25, 0.3) is 5.70 Å². The molecule has 0 bridgehead atoms. The van der Waals surface area contributed by atoms with Gasteiger partial charge in [-0.15, -0.1) is 0 Å². The van der Waals surface area contributed by atoms with E-state index < -0.39 is 0 Å². The number of aromatic nitrogens is 2. The topological polar surface area (TPSA) is 56.2 Å². The highest BCUT2D eigenvalue weighted by molar-refractivity contribution is 9.12. The van der Waals surface area contributed by atoms with Crippen molar-refractivity contribution in [1.82, 2.24) is 9.78 Å². The SMILES string of the molecule is C=C(/C(Br)=C(/N)N=CC)n1cccn1. The van der Waals surface area contributed by atoms with E-state index in [0.717, 1.165) is 0 Å². The van der Waals surface area contributed by atoms with Crippen LogP contribution in [-0.2, 0) is 0 Å². The van der Waals surface area contributed by atoms with E-state index >= 15 is 0 Å². The summed E-state index contributed by atoms with van der Waals surface area (Å²) in [5.74, 6) is 0.382. The fraction of sp³-hybridized carbons (Fsp3) is 0.111. The van der Waals surface area contributed by atoms with Crippen molar-refractivity contribution in [2.24, 2.45) is 10.7 Å². The van der Waals surface area contributed by atoms with E-state index in [1.165, 1.54) is 0 Å². The molecule has 0 fully saturated rings. The van der Waals surface area contributed by atoms with E-state index in [4.69, 9.17) is 5.73 Å². The van der Waals surface area contributed by atoms with Crippen molar-refractivity contribution in [1.29, 1.82) is 0 Å². The fourth-order valence-corrected chi connectivity index (χ4v) is 1.16. The Morgan fingerprint density at radius 3 is 2.93 bits per heavy atom. The first-order valence-corrected chi connectivity index (χ1v) is 4.79. The molecule has 0 amide bonds. The number of nitrogens with two attached hydrogens (primary N) is 1. The summed E-state index contributed by atoms with van der Waals surface area (Å²) in [4.78, 5) is 3.94. The molecule has 0 saturated carbocycles. The van der Waals surface area contributed by atoms with Gasteiger partial charge in [-0.1, -0.05) is 6.58 Å². The second kappa shape index (κ2) is 4.76. The van der Waals surface area contributed by atoms with Gasteiger partial charge in [-0.25, -0.2) is 9.67 Å². The normalized spacial score (nSPS) is 13.0. The van der Waals surface area contributed by atoms with Crippen molar-refractivity contribution >= 4 is 27.8 Å². The van der Waals surface area contributed by atoms with Crippen LogP contribution < -0.4 is 5.73 Å². The lowest BCUT2D eigenvalue weighted by atomic mass is 10.4. The summed E-state index contributed by atoms with van der Waals surface area (Å²) in [6, 6.07) is 1.81. The highest BCUT2D eigenvalue weighted by Crippen LogP contribution is 2.21. The zero-order valence-electron chi connectivity index (χ0n) is 7.81. The van der Waals surface area contributed by atoms with E-state index in [1.807, 2.05) is 6.07 Å². The van der Waals surface area contributed by atoms with E-state index in [2.05, 4.69) is 32.6 Å². The van der Waals surface area contributed by atoms with Gasteiger partial charge in [-0.3, -0.25) is 0 Å². The third kappa shape index (κ3) is 2.32. The molecule has 14 heavy (non-hydrogen) atoms. The maximum absolute atomic E-state index is 5.67. The molecule has 1 aromatic heterocycles. The minimum atomic E-state index is 0.382. The smallest absolute Gasteiger partial charge is 0.139 e. The van der Waals surface area contributed by atoms with Crippen LogP contribution in [0.5, 0.6) is 0 Å². The summed E-state index contributed by atoms with van der Waals surface area (Å²) in [5.41, 5.74) is 6.32. The van der Waals surface area contributed by atoms with Crippen molar-refractivity contribution < 1.29 is 0 Å². The Kier molecular flexibility index (Phi) is 3.64. The Morgan fingerprint density at radius 2 is 2.43 bits per heavy atom. The lowest BCUT2D eigenvalue weighted by Gasteiger charge is -2.05. The van der Waals surface area contributed by atoms with E-state index in [9.17, 15) is 0 Å². The van der Waals surface area contributed by atoms with Crippen molar-refractivity contribution in [3.05, 3.63) is 35.3 Å². The summed E-state index contributed by atoms with van der Waals surface area (Å²) in [5, 5.41) is 4.03. The number of hydrogen-bond acceptors (Lipinski definition) is 3. The maximum Gasteiger partial charge on any atom is 0.139 e. The zero-order chi connectivity index (χ0) is 10.6. The van der Waals surface area contributed by atoms with Gasteiger partial charge in [-0.2, -0.15) is 5.10 Å². The van der Waals surface area contributed by atoms with Gasteiger partial charge in [-0.05, 0) is 28.9 Å². The van der Waals surface area contributed by atoms with Gasteiger partial charge < -0.3 is 5.73 Å². The average Bonchev–Trinajstić information content (AvgIpc) is 2.68. The molecule has 1 rings (SSSR count). The molecule has 1 aromatic rings. The van der Waals surface area contributed by atoms with Crippen molar-refractivity contribution in [2.45, 2.75) is 6.92 Å². The first-order chi connectivity index (χ1) is 6.66. The number of halogens is 1. The number of hydrogen-bond donors (Lipinski definition) is 1. The van der Waals surface area contributed by atoms with Gasteiger partial charge in [0.1, 0.15) is 5.82 Å². The maximum atomic E-state index is 5.67.